The van der Waals surface area contributed by atoms with Crippen molar-refractivity contribution in [3.63, 3.8) is 0 Å². The van der Waals surface area contributed by atoms with Gasteiger partial charge in [-0.25, -0.2) is 4.98 Å². The first-order chi connectivity index (χ1) is 28.1. The molecular weight excluding hydrogens is 717 g/mol. The molecule has 0 fully saturated rings. The van der Waals surface area contributed by atoms with Crippen LogP contribution in [0.5, 0.6) is 5.75 Å². The number of nitrogens with zero attached hydrogens (tertiary/aromatic N) is 3. The first-order valence-corrected chi connectivity index (χ1v) is 20.9. The zero-order valence-corrected chi connectivity index (χ0v) is 35.6. The Hall–Kier alpha value is -6.20. The first-order valence-electron chi connectivity index (χ1n) is 20.9. The summed E-state index contributed by atoms with van der Waals surface area (Å²) in [6, 6.07) is 46.3. The highest BCUT2D eigenvalue weighted by atomic mass is 16.3. The Balaban J connectivity index is 1.29. The summed E-state index contributed by atoms with van der Waals surface area (Å²) in [5.74, 6) is 1.08. The number of benzene rings is 6. The van der Waals surface area contributed by atoms with Crippen molar-refractivity contribution in [3.05, 3.63) is 150 Å². The lowest BCUT2D eigenvalue weighted by Crippen LogP contribution is -2.48. The summed E-state index contributed by atoms with van der Waals surface area (Å²) in [6.45, 7) is 20.0. The molecule has 0 saturated carbocycles. The van der Waals surface area contributed by atoms with Gasteiger partial charge in [0.25, 0.3) is 0 Å². The summed E-state index contributed by atoms with van der Waals surface area (Å²) in [5.41, 5.74) is 19.5. The summed E-state index contributed by atoms with van der Waals surface area (Å²) in [5, 5.41) is 12.5. The normalized spacial score (nSPS) is 13.2. The minimum absolute atomic E-state index is 0.0997. The molecule has 5 heteroatoms. The van der Waals surface area contributed by atoms with Crippen LogP contribution in [0.2, 0.25) is 0 Å². The van der Waals surface area contributed by atoms with Crippen LogP contribution in [0, 0.1) is 0 Å². The van der Waals surface area contributed by atoms with Gasteiger partial charge < -0.3 is 9.58 Å². The van der Waals surface area contributed by atoms with Crippen LogP contribution in [0.25, 0.3) is 78.2 Å². The number of phenolic OH excluding ortho intramolecular Hbond substituents is 1. The molecule has 59 heavy (non-hydrogen) atoms. The van der Waals surface area contributed by atoms with Crippen LogP contribution < -0.4 is 10.9 Å². The fourth-order valence-corrected chi connectivity index (χ4v) is 9.40. The Morgan fingerprint density at radius 3 is 1.88 bits per heavy atom. The van der Waals surface area contributed by atoms with Gasteiger partial charge in [-0.1, -0.05) is 159 Å². The monoisotopic (exact) mass is 767 g/mol. The zero-order valence-electron chi connectivity index (χ0n) is 35.6. The lowest BCUT2D eigenvalue weighted by Gasteiger charge is -2.29. The number of aromatic hydroxyl groups is 1. The van der Waals surface area contributed by atoms with Crippen LogP contribution >= 0.6 is 0 Å². The molecule has 4 heterocycles. The zero-order chi connectivity index (χ0) is 41.2. The maximum absolute atomic E-state index is 12.5. The van der Waals surface area contributed by atoms with E-state index in [1.807, 2.05) is 6.20 Å². The lowest BCUT2D eigenvalue weighted by atomic mass is 9.50. The van der Waals surface area contributed by atoms with E-state index in [-0.39, 0.29) is 23.1 Å². The maximum Gasteiger partial charge on any atom is 0.331 e. The van der Waals surface area contributed by atoms with Gasteiger partial charge in [0.05, 0.1) is 22.3 Å². The highest BCUT2D eigenvalue weighted by Gasteiger charge is 2.43. The van der Waals surface area contributed by atoms with Crippen molar-refractivity contribution >= 4 is 28.8 Å². The highest BCUT2D eigenvalue weighted by molar-refractivity contribution is 6.90. The summed E-state index contributed by atoms with van der Waals surface area (Å²) >= 11 is 0. The smallest absolute Gasteiger partial charge is 0.331 e. The number of fused-ring (bicyclic) bond motifs is 5. The lowest BCUT2D eigenvalue weighted by molar-refractivity contribution is 0.446. The minimum atomic E-state index is -0.292. The average Bonchev–Trinajstić information content (AvgIpc) is 3.76. The highest BCUT2D eigenvalue weighted by Crippen LogP contribution is 2.48. The van der Waals surface area contributed by atoms with Crippen molar-refractivity contribution < 1.29 is 5.11 Å². The Bertz CT molecular complexity index is 3010. The van der Waals surface area contributed by atoms with Crippen LogP contribution in [0.15, 0.2) is 134 Å². The van der Waals surface area contributed by atoms with Gasteiger partial charge in [-0.2, -0.15) is 0 Å². The second kappa shape index (κ2) is 12.9. The molecule has 2 aliphatic rings. The quantitative estimate of drug-likeness (QED) is 0.181. The molecule has 1 N–H and O–H groups in total. The van der Waals surface area contributed by atoms with Crippen LogP contribution in [0.1, 0.15) is 79.0 Å². The molecule has 2 aromatic heterocycles. The van der Waals surface area contributed by atoms with Crippen LogP contribution in [0.4, 0.5) is 0 Å². The van der Waals surface area contributed by atoms with E-state index in [0.717, 1.165) is 61.5 Å². The second-order valence-electron chi connectivity index (χ2n) is 19.7. The van der Waals surface area contributed by atoms with Gasteiger partial charge in [-0.05, 0) is 102 Å². The molecule has 0 radical (unpaired) electrons. The van der Waals surface area contributed by atoms with Gasteiger partial charge in [-0.3, -0.25) is 4.98 Å². The number of aromatic nitrogens is 3. The topological polar surface area (TPSA) is 50.9 Å². The Morgan fingerprint density at radius 2 is 1.15 bits per heavy atom. The average molecular weight is 768 g/mol. The maximum atomic E-state index is 12.5. The van der Waals surface area contributed by atoms with E-state index in [1.54, 1.807) is 0 Å². The van der Waals surface area contributed by atoms with Gasteiger partial charge >= 0.3 is 6.85 Å². The first kappa shape index (κ1) is 37.1. The Morgan fingerprint density at radius 1 is 0.508 bits per heavy atom. The summed E-state index contributed by atoms with van der Waals surface area (Å²) in [6.07, 6.45) is 1.92. The van der Waals surface area contributed by atoms with Crippen molar-refractivity contribution in [3.8, 4) is 72.9 Å². The molecule has 2 aliphatic heterocycles. The van der Waals surface area contributed by atoms with E-state index < -0.39 is 0 Å². The standard InChI is InChI=1S/C54H50BN3O/c1-52(2,3)36-27-34(26-35(28-36)46-29-33(24-25-56-46)32-16-11-10-12-17-32)38-22-23-42-41-20-15-19-40-39-18-13-14-21-45(39)55(47(40)41)58-49(42)48(38)57-51(58)43-30-37(53(4,5)6)31-44(50(43)59)54(7,8)9/h10-31,59H,1-9H3. The van der Waals surface area contributed by atoms with Crippen LogP contribution in [-0.2, 0) is 16.2 Å². The van der Waals surface area contributed by atoms with Crippen molar-refractivity contribution in [1.29, 1.82) is 0 Å². The summed E-state index contributed by atoms with van der Waals surface area (Å²) in [4.78, 5) is 10.7. The van der Waals surface area contributed by atoms with E-state index in [0.29, 0.717) is 5.75 Å². The number of imidazole rings is 1. The van der Waals surface area contributed by atoms with Gasteiger partial charge in [0.15, 0.2) is 0 Å². The van der Waals surface area contributed by atoms with Crippen molar-refractivity contribution in [1.82, 2.24) is 14.4 Å². The van der Waals surface area contributed by atoms with Crippen molar-refractivity contribution in [2.75, 3.05) is 0 Å². The second-order valence-corrected chi connectivity index (χ2v) is 19.7. The molecule has 0 saturated heterocycles. The molecule has 0 aliphatic carbocycles. The molecular formula is C54H50BN3O. The minimum Gasteiger partial charge on any atom is -0.507 e. The molecule has 0 amide bonds. The van der Waals surface area contributed by atoms with Crippen LogP contribution in [-0.4, -0.2) is 26.4 Å². The predicted octanol–water partition coefficient (Wildman–Crippen LogP) is 12.3. The van der Waals surface area contributed by atoms with Gasteiger partial charge in [0.1, 0.15) is 11.6 Å². The number of phenols is 1. The third-order valence-corrected chi connectivity index (χ3v) is 12.6. The molecule has 290 valence electrons. The molecule has 10 rings (SSSR count). The molecule has 0 bridgehead atoms. The van der Waals surface area contributed by atoms with Crippen molar-refractivity contribution in [2.45, 2.75) is 78.6 Å². The largest absolute Gasteiger partial charge is 0.507 e. The number of rotatable bonds is 4. The predicted molar refractivity (Wildman–Crippen MR) is 248 cm³/mol. The molecule has 6 aromatic carbocycles. The van der Waals surface area contributed by atoms with E-state index in [2.05, 4.69) is 194 Å². The fourth-order valence-electron chi connectivity index (χ4n) is 9.40. The van der Waals surface area contributed by atoms with Crippen LogP contribution in [0.3, 0.4) is 0 Å². The molecule has 0 unspecified atom stereocenters. The van der Waals surface area contributed by atoms with E-state index in [9.17, 15) is 5.11 Å². The number of hydrogen-bond donors (Lipinski definition) is 1. The summed E-state index contributed by atoms with van der Waals surface area (Å²) in [7, 11) is 0. The molecule has 4 nitrogen and oxygen atoms in total. The third-order valence-electron chi connectivity index (χ3n) is 12.6. The Labute approximate surface area is 348 Å². The van der Waals surface area contributed by atoms with E-state index in [1.165, 1.54) is 44.3 Å². The van der Waals surface area contributed by atoms with Gasteiger partial charge in [0, 0.05) is 28.5 Å². The Kier molecular flexibility index (Phi) is 8.11. The summed E-state index contributed by atoms with van der Waals surface area (Å²) < 4.78 is 2.46. The molecule has 0 atom stereocenters. The SMILES string of the molecule is CC(C)(C)c1cc(-c2cc(-c3ccccc3)ccn2)cc(-c2ccc3c4c2nc(-c2cc(C(C)(C)C)cc(C(C)(C)C)c2O)n4B2c4ccccc4-c4cccc-3c42)c1. The third kappa shape index (κ3) is 5.88. The van der Waals surface area contributed by atoms with E-state index in [4.69, 9.17) is 9.97 Å². The van der Waals surface area contributed by atoms with Gasteiger partial charge in [-0.15, -0.1) is 0 Å². The van der Waals surface area contributed by atoms with Crippen molar-refractivity contribution in [2.24, 2.45) is 0 Å². The van der Waals surface area contributed by atoms with Gasteiger partial charge in [0.2, 0.25) is 0 Å². The molecule has 8 aromatic rings. The fraction of sp³-hybridized carbons (Fsp3) is 0.222. The number of hydrogen-bond acceptors (Lipinski definition) is 3. The molecule has 0 spiro atoms. The van der Waals surface area contributed by atoms with E-state index >= 15 is 0 Å². The number of pyridine rings is 1.